The number of nitrogens with zero attached hydrogens (tertiary/aromatic N) is 1. The zero-order valence-electron chi connectivity index (χ0n) is 8.89. The molecule has 1 aromatic rings. The van der Waals surface area contributed by atoms with Crippen LogP contribution < -0.4 is 0 Å². The fraction of sp³-hybridized carbons (Fsp3) is 0.462. The van der Waals surface area contributed by atoms with E-state index in [9.17, 15) is 0 Å². The average molecular weight is 203 g/mol. The van der Waals surface area contributed by atoms with Crippen molar-refractivity contribution in [3.05, 3.63) is 29.8 Å². The van der Waals surface area contributed by atoms with Crippen LogP contribution in [0.15, 0.2) is 29.3 Å². The summed E-state index contributed by atoms with van der Waals surface area (Å²) in [7, 11) is 0. The smallest absolute Gasteiger partial charge is 0.115 e. The van der Waals surface area contributed by atoms with E-state index in [4.69, 9.17) is 5.11 Å². The van der Waals surface area contributed by atoms with Gasteiger partial charge in [-0.3, -0.25) is 4.99 Å². The van der Waals surface area contributed by atoms with Gasteiger partial charge in [0.1, 0.15) is 5.75 Å². The van der Waals surface area contributed by atoms with E-state index in [0.29, 0.717) is 11.8 Å². The number of phenolic OH excluding ortho intramolecular Hbond substituents is 1. The summed E-state index contributed by atoms with van der Waals surface area (Å²) in [6, 6.07) is 7.70. The van der Waals surface area contributed by atoms with Gasteiger partial charge >= 0.3 is 0 Å². The molecule has 2 rings (SSSR count). The lowest BCUT2D eigenvalue weighted by atomic mass is 9.96. The van der Waals surface area contributed by atoms with Crippen molar-refractivity contribution in [1.29, 1.82) is 0 Å². The first kappa shape index (κ1) is 10.2. The number of hydrogen-bond acceptors (Lipinski definition) is 2. The highest BCUT2D eigenvalue weighted by Crippen LogP contribution is 2.20. The van der Waals surface area contributed by atoms with E-state index in [1.807, 2.05) is 18.3 Å². The Kier molecular flexibility index (Phi) is 3.38. The number of aliphatic imine (C=N–C) groups is 1. The second-order valence-electron chi connectivity index (χ2n) is 4.16. The standard InChI is InChI=1S/C13H17NO/c15-13-8-6-11(7-9-13)10-14-12-4-2-1-3-5-12/h6-10,12,15H,1-5H2/b14-10+. The van der Waals surface area contributed by atoms with Gasteiger partial charge in [-0.2, -0.15) is 0 Å². The van der Waals surface area contributed by atoms with Crippen LogP contribution in [-0.2, 0) is 0 Å². The first-order valence-corrected chi connectivity index (χ1v) is 5.67. The Hall–Kier alpha value is -1.31. The van der Waals surface area contributed by atoms with E-state index in [-0.39, 0.29) is 0 Å². The molecule has 2 nitrogen and oxygen atoms in total. The highest BCUT2D eigenvalue weighted by molar-refractivity contribution is 5.79. The molecule has 0 aliphatic heterocycles. The maximum atomic E-state index is 9.13. The number of hydrogen-bond donors (Lipinski definition) is 1. The van der Waals surface area contributed by atoms with E-state index in [1.165, 1.54) is 32.1 Å². The van der Waals surface area contributed by atoms with Crippen LogP contribution in [0.1, 0.15) is 37.7 Å². The van der Waals surface area contributed by atoms with Crippen LogP contribution in [0.4, 0.5) is 0 Å². The third-order valence-corrected chi connectivity index (χ3v) is 2.90. The maximum Gasteiger partial charge on any atom is 0.115 e. The Morgan fingerprint density at radius 2 is 1.73 bits per heavy atom. The summed E-state index contributed by atoms with van der Waals surface area (Å²) in [6.45, 7) is 0. The highest BCUT2D eigenvalue weighted by atomic mass is 16.3. The molecular formula is C13H17NO. The fourth-order valence-corrected chi connectivity index (χ4v) is 1.98. The van der Waals surface area contributed by atoms with E-state index in [2.05, 4.69) is 4.99 Å². The van der Waals surface area contributed by atoms with Crippen molar-refractivity contribution in [2.75, 3.05) is 0 Å². The summed E-state index contributed by atoms with van der Waals surface area (Å²) in [5, 5.41) is 9.13. The molecule has 15 heavy (non-hydrogen) atoms. The zero-order chi connectivity index (χ0) is 10.5. The first-order valence-electron chi connectivity index (χ1n) is 5.67. The van der Waals surface area contributed by atoms with Gasteiger partial charge < -0.3 is 5.11 Å². The van der Waals surface area contributed by atoms with E-state index < -0.39 is 0 Å². The Balaban J connectivity index is 1.95. The molecule has 1 aliphatic rings. The lowest BCUT2D eigenvalue weighted by Crippen LogP contribution is -2.09. The van der Waals surface area contributed by atoms with E-state index >= 15 is 0 Å². The number of aromatic hydroxyl groups is 1. The Morgan fingerprint density at radius 3 is 2.40 bits per heavy atom. The Bertz CT molecular complexity index is 323. The second-order valence-corrected chi connectivity index (χ2v) is 4.16. The Morgan fingerprint density at radius 1 is 1.07 bits per heavy atom. The van der Waals surface area contributed by atoms with Crippen LogP contribution in [0.25, 0.3) is 0 Å². The van der Waals surface area contributed by atoms with Gasteiger partial charge in [0.15, 0.2) is 0 Å². The molecular weight excluding hydrogens is 186 g/mol. The van der Waals surface area contributed by atoms with Crippen molar-refractivity contribution in [2.45, 2.75) is 38.1 Å². The van der Waals surface area contributed by atoms with Gasteiger partial charge in [-0.1, -0.05) is 19.3 Å². The molecule has 1 aliphatic carbocycles. The molecule has 0 unspecified atom stereocenters. The minimum absolute atomic E-state index is 0.310. The summed E-state index contributed by atoms with van der Waals surface area (Å²) in [4.78, 5) is 4.58. The van der Waals surface area contributed by atoms with Gasteiger partial charge in [0.25, 0.3) is 0 Å². The van der Waals surface area contributed by atoms with Crippen molar-refractivity contribution < 1.29 is 5.11 Å². The highest BCUT2D eigenvalue weighted by Gasteiger charge is 2.10. The van der Waals surface area contributed by atoms with Gasteiger partial charge in [0.2, 0.25) is 0 Å². The molecule has 1 aromatic carbocycles. The molecule has 0 spiro atoms. The molecule has 0 amide bonds. The first-order chi connectivity index (χ1) is 7.34. The molecule has 2 heteroatoms. The van der Waals surface area contributed by atoms with Crippen LogP contribution >= 0.6 is 0 Å². The normalized spacial score (nSPS) is 18.4. The molecule has 0 bridgehead atoms. The van der Waals surface area contributed by atoms with Crippen molar-refractivity contribution in [2.24, 2.45) is 4.99 Å². The molecule has 0 heterocycles. The van der Waals surface area contributed by atoms with Crippen molar-refractivity contribution in [1.82, 2.24) is 0 Å². The monoisotopic (exact) mass is 203 g/mol. The summed E-state index contributed by atoms with van der Waals surface area (Å²) in [5.41, 5.74) is 1.07. The van der Waals surface area contributed by atoms with E-state index in [1.54, 1.807) is 12.1 Å². The lowest BCUT2D eigenvalue weighted by molar-refractivity contribution is 0.444. The summed E-state index contributed by atoms with van der Waals surface area (Å²) in [5.74, 6) is 0.310. The SMILES string of the molecule is Oc1ccc(/C=N/C2CCCCC2)cc1. The van der Waals surface area contributed by atoms with Crippen LogP contribution in [-0.4, -0.2) is 17.4 Å². The zero-order valence-corrected chi connectivity index (χ0v) is 8.89. The predicted octanol–water partition coefficient (Wildman–Crippen LogP) is 3.14. The summed E-state index contributed by atoms with van der Waals surface area (Å²) in [6.07, 6.45) is 8.39. The fourth-order valence-electron chi connectivity index (χ4n) is 1.98. The topological polar surface area (TPSA) is 32.6 Å². The molecule has 1 N–H and O–H groups in total. The number of phenols is 1. The maximum absolute atomic E-state index is 9.13. The van der Waals surface area contributed by atoms with Crippen LogP contribution in [0.5, 0.6) is 5.75 Å². The third-order valence-electron chi connectivity index (χ3n) is 2.90. The van der Waals surface area contributed by atoms with Gasteiger partial charge in [-0.05, 0) is 42.7 Å². The molecule has 0 saturated heterocycles. The van der Waals surface area contributed by atoms with Crippen molar-refractivity contribution >= 4 is 6.21 Å². The van der Waals surface area contributed by atoms with Gasteiger partial charge in [0, 0.05) is 12.3 Å². The van der Waals surface area contributed by atoms with Gasteiger partial charge in [-0.25, -0.2) is 0 Å². The summed E-state index contributed by atoms with van der Waals surface area (Å²) >= 11 is 0. The minimum Gasteiger partial charge on any atom is -0.508 e. The molecule has 1 saturated carbocycles. The largest absolute Gasteiger partial charge is 0.508 e. The number of rotatable bonds is 2. The van der Waals surface area contributed by atoms with Gasteiger partial charge in [-0.15, -0.1) is 0 Å². The summed E-state index contributed by atoms with van der Waals surface area (Å²) < 4.78 is 0. The Labute approximate surface area is 90.7 Å². The average Bonchev–Trinajstić information content (AvgIpc) is 2.30. The van der Waals surface area contributed by atoms with Gasteiger partial charge in [0.05, 0.1) is 0 Å². The number of benzene rings is 1. The predicted molar refractivity (Wildman–Crippen MR) is 62.6 cm³/mol. The van der Waals surface area contributed by atoms with Crippen molar-refractivity contribution in [3.63, 3.8) is 0 Å². The minimum atomic E-state index is 0.310. The van der Waals surface area contributed by atoms with E-state index in [0.717, 1.165) is 5.56 Å². The quantitative estimate of drug-likeness (QED) is 0.736. The molecule has 0 atom stereocenters. The van der Waals surface area contributed by atoms with Crippen LogP contribution in [0.3, 0.4) is 0 Å². The van der Waals surface area contributed by atoms with Crippen LogP contribution in [0, 0.1) is 0 Å². The third kappa shape index (κ3) is 3.08. The van der Waals surface area contributed by atoms with Crippen molar-refractivity contribution in [3.8, 4) is 5.75 Å². The van der Waals surface area contributed by atoms with Crippen LogP contribution in [0.2, 0.25) is 0 Å². The molecule has 80 valence electrons. The molecule has 0 aromatic heterocycles. The lowest BCUT2D eigenvalue weighted by Gasteiger charge is -2.16. The molecule has 1 fully saturated rings. The second kappa shape index (κ2) is 4.96. The molecule has 0 radical (unpaired) electrons.